The van der Waals surface area contributed by atoms with Crippen molar-refractivity contribution in [2.75, 3.05) is 5.01 Å². The van der Waals surface area contributed by atoms with E-state index in [1.54, 1.807) is 12.1 Å². The highest BCUT2D eigenvalue weighted by Gasteiger charge is 2.34. The summed E-state index contributed by atoms with van der Waals surface area (Å²) < 4.78 is 21.2. The molecule has 4 nitrogen and oxygen atoms in total. The predicted octanol–water partition coefficient (Wildman–Crippen LogP) is 5.36. The van der Waals surface area contributed by atoms with Crippen molar-refractivity contribution < 1.29 is 13.9 Å². The van der Waals surface area contributed by atoms with E-state index >= 15 is 0 Å². The molecule has 1 aliphatic rings. The lowest BCUT2D eigenvalue weighted by Gasteiger charge is -2.20. The van der Waals surface area contributed by atoms with Crippen molar-refractivity contribution in [1.29, 1.82) is 0 Å². The minimum Gasteiger partial charge on any atom is -0.489 e. The average molecular weight is 439 g/mol. The van der Waals surface area contributed by atoms with Crippen LogP contribution in [-0.2, 0) is 11.4 Å². The van der Waals surface area contributed by atoms with Gasteiger partial charge < -0.3 is 4.74 Å². The van der Waals surface area contributed by atoms with Gasteiger partial charge in [0, 0.05) is 11.4 Å². The molecule has 0 radical (unpaired) electrons. The number of ether oxygens (including phenoxy) is 1. The standard InChI is InChI=1S/C23H19FN2O2S2/c1-15-6-7-16(2)25(15)26-22(27)21(30-23(26)29)13-18-4-3-5-20(12-18)28-14-17-8-10-19(24)11-9-17/h3-13H,14H2,1-2H3/b21-13+. The first-order chi connectivity index (χ1) is 14.4. The number of hydrogen-bond donors (Lipinski definition) is 0. The third kappa shape index (κ3) is 4.17. The lowest BCUT2D eigenvalue weighted by molar-refractivity contribution is -0.114. The molecule has 2 aromatic carbocycles. The Kier molecular flexibility index (Phi) is 5.74. The van der Waals surface area contributed by atoms with Crippen LogP contribution in [0.1, 0.15) is 22.5 Å². The second-order valence-corrected chi connectivity index (χ2v) is 8.58. The zero-order chi connectivity index (χ0) is 21.3. The summed E-state index contributed by atoms with van der Waals surface area (Å²) >= 11 is 6.75. The summed E-state index contributed by atoms with van der Waals surface area (Å²) in [6.45, 7) is 4.21. The molecule has 1 saturated heterocycles. The topological polar surface area (TPSA) is 34.5 Å². The van der Waals surface area contributed by atoms with Crippen LogP contribution in [0.25, 0.3) is 6.08 Å². The Morgan fingerprint density at radius 1 is 1.07 bits per heavy atom. The molecule has 152 valence electrons. The van der Waals surface area contributed by atoms with Gasteiger partial charge >= 0.3 is 0 Å². The van der Waals surface area contributed by atoms with E-state index in [1.807, 2.05) is 61.0 Å². The van der Waals surface area contributed by atoms with E-state index in [-0.39, 0.29) is 11.7 Å². The van der Waals surface area contributed by atoms with Gasteiger partial charge in [-0.25, -0.2) is 4.39 Å². The summed E-state index contributed by atoms with van der Waals surface area (Å²) in [5, 5.41) is 1.53. The van der Waals surface area contributed by atoms with E-state index in [1.165, 1.54) is 28.9 Å². The minimum atomic E-state index is -0.275. The minimum absolute atomic E-state index is 0.148. The van der Waals surface area contributed by atoms with E-state index < -0.39 is 0 Å². The molecular weight excluding hydrogens is 419 g/mol. The number of thiocarbonyl (C=S) groups is 1. The highest BCUT2D eigenvalue weighted by Crippen LogP contribution is 2.33. The molecule has 0 unspecified atom stereocenters. The van der Waals surface area contributed by atoms with Crippen LogP contribution in [0.3, 0.4) is 0 Å². The van der Waals surface area contributed by atoms with Crippen molar-refractivity contribution in [2.45, 2.75) is 20.5 Å². The monoisotopic (exact) mass is 438 g/mol. The third-order valence-corrected chi connectivity index (χ3v) is 5.96. The number of nitrogens with zero attached hydrogens (tertiary/aromatic N) is 2. The number of halogens is 1. The molecule has 7 heteroatoms. The first-order valence-corrected chi connectivity index (χ1v) is 10.6. The summed E-state index contributed by atoms with van der Waals surface area (Å²) in [4.78, 5) is 13.6. The van der Waals surface area contributed by atoms with Gasteiger partial charge in [-0.3, -0.25) is 9.47 Å². The number of thioether (sulfide) groups is 1. The molecule has 0 saturated carbocycles. The molecule has 0 N–H and O–H groups in total. The maximum Gasteiger partial charge on any atom is 0.285 e. The molecule has 30 heavy (non-hydrogen) atoms. The molecule has 3 aromatic rings. The maximum absolute atomic E-state index is 13.0. The smallest absolute Gasteiger partial charge is 0.285 e. The largest absolute Gasteiger partial charge is 0.489 e. The van der Waals surface area contributed by atoms with E-state index in [4.69, 9.17) is 17.0 Å². The van der Waals surface area contributed by atoms with Crippen LogP contribution < -0.4 is 9.75 Å². The Balaban J connectivity index is 1.52. The number of amides is 1. The first-order valence-electron chi connectivity index (χ1n) is 9.33. The van der Waals surface area contributed by atoms with E-state index in [2.05, 4.69) is 0 Å². The van der Waals surface area contributed by atoms with E-state index in [0.717, 1.165) is 22.5 Å². The Morgan fingerprint density at radius 2 is 1.77 bits per heavy atom. The van der Waals surface area contributed by atoms with E-state index in [9.17, 15) is 9.18 Å². The fraction of sp³-hybridized carbons (Fsp3) is 0.130. The Hall–Kier alpha value is -2.90. The van der Waals surface area contributed by atoms with Gasteiger partial charge in [-0.1, -0.05) is 36.0 Å². The van der Waals surface area contributed by atoms with Crippen molar-refractivity contribution >= 4 is 40.3 Å². The molecule has 2 heterocycles. The van der Waals surface area contributed by atoms with Crippen LogP contribution in [0, 0.1) is 19.7 Å². The first kappa shape index (κ1) is 20.4. The number of benzene rings is 2. The second-order valence-electron chi connectivity index (χ2n) is 6.91. The second kappa shape index (κ2) is 8.45. The number of carbonyl (C=O) groups excluding carboxylic acids is 1. The zero-order valence-electron chi connectivity index (χ0n) is 16.5. The molecule has 1 aromatic heterocycles. The number of rotatable bonds is 5. The van der Waals surface area contributed by atoms with Crippen LogP contribution >= 0.6 is 24.0 Å². The molecule has 1 amide bonds. The molecule has 0 aliphatic carbocycles. The quantitative estimate of drug-likeness (QED) is 0.397. The average Bonchev–Trinajstić information content (AvgIpc) is 3.19. The molecule has 1 fully saturated rings. The SMILES string of the molecule is Cc1ccc(C)n1N1C(=O)/C(=C\c2cccc(OCc3ccc(F)cc3)c2)SC1=S. The van der Waals surface area contributed by atoms with Crippen molar-refractivity contribution in [3.63, 3.8) is 0 Å². The van der Waals surface area contributed by atoms with Gasteiger partial charge in [0.2, 0.25) is 0 Å². The van der Waals surface area contributed by atoms with Gasteiger partial charge in [0.25, 0.3) is 5.91 Å². The van der Waals surface area contributed by atoms with Gasteiger partial charge in [-0.05, 0) is 79.7 Å². The number of carbonyl (C=O) groups is 1. The van der Waals surface area contributed by atoms with Gasteiger partial charge in [0.1, 0.15) is 18.2 Å². The van der Waals surface area contributed by atoms with Crippen molar-refractivity contribution in [3.8, 4) is 5.75 Å². The number of hydrogen-bond acceptors (Lipinski definition) is 4. The Labute approximate surface area is 183 Å². The zero-order valence-corrected chi connectivity index (χ0v) is 18.1. The van der Waals surface area contributed by atoms with E-state index in [0.29, 0.717) is 21.6 Å². The summed E-state index contributed by atoms with van der Waals surface area (Å²) in [5.74, 6) is 0.244. The molecule has 1 aliphatic heterocycles. The molecule has 0 spiro atoms. The molecular formula is C23H19FN2O2S2. The lowest BCUT2D eigenvalue weighted by atomic mass is 10.2. The van der Waals surface area contributed by atoms with Crippen molar-refractivity contribution in [1.82, 2.24) is 4.68 Å². The Morgan fingerprint density at radius 3 is 2.47 bits per heavy atom. The van der Waals surface area contributed by atoms with Crippen LogP contribution in [0.15, 0.2) is 65.6 Å². The maximum atomic E-state index is 13.0. The number of aromatic nitrogens is 1. The molecule has 4 rings (SSSR count). The molecule has 0 atom stereocenters. The van der Waals surface area contributed by atoms with Gasteiger partial charge in [0.05, 0.1) is 4.91 Å². The van der Waals surface area contributed by atoms with Gasteiger partial charge in [-0.2, -0.15) is 5.01 Å². The number of aryl methyl sites for hydroxylation is 2. The summed E-state index contributed by atoms with van der Waals surface area (Å²) in [6, 6.07) is 17.6. The normalized spacial score (nSPS) is 15.3. The fourth-order valence-electron chi connectivity index (χ4n) is 3.20. The predicted molar refractivity (Wildman–Crippen MR) is 122 cm³/mol. The van der Waals surface area contributed by atoms with Gasteiger partial charge in [0.15, 0.2) is 4.32 Å². The van der Waals surface area contributed by atoms with Crippen molar-refractivity contribution in [3.05, 3.63) is 93.9 Å². The summed E-state index contributed by atoms with van der Waals surface area (Å²) in [7, 11) is 0. The molecule has 0 bridgehead atoms. The van der Waals surface area contributed by atoms with Crippen LogP contribution in [0.2, 0.25) is 0 Å². The highest BCUT2D eigenvalue weighted by atomic mass is 32.2. The highest BCUT2D eigenvalue weighted by molar-refractivity contribution is 8.27. The van der Waals surface area contributed by atoms with Crippen LogP contribution in [0.4, 0.5) is 4.39 Å². The summed E-state index contributed by atoms with van der Waals surface area (Å²) in [6.07, 6.45) is 1.82. The van der Waals surface area contributed by atoms with Crippen LogP contribution in [0.5, 0.6) is 5.75 Å². The Bertz CT molecular complexity index is 1130. The van der Waals surface area contributed by atoms with Crippen LogP contribution in [-0.4, -0.2) is 14.9 Å². The van der Waals surface area contributed by atoms with Crippen molar-refractivity contribution in [2.24, 2.45) is 0 Å². The fourth-order valence-corrected chi connectivity index (χ4v) is 4.44. The van der Waals surface area contributed by atoms with Gasteiger partial charge in [-0.15, -0.1) is 0 Å². The lowest BCUT2D eigenvalue weighted by Crippen LogP contribution is -2.39. The summed E-state index contributed by atoms with van der Waals surface area (Å²) in [5.41, 5.74) is 3.61. The third-order valence-electron chi connectivity index (χ3n) is 4.68.